The van der Waals surface area contributed by atoms with Gasteiger partial charge in [0.2, 0.25) is 5.91 Å². The van der Waals surface area contributed by atoms with E-state index >= 15 is 0 Å². The number of methoxy groups -OCH3 is 1. The lowest BCUT2D eigenvalue weighted by Crippen LogP contribution is -2.54. The third kappa shape index (κ3) is 10.1. The Labute approximate surface area is 214 Å². The van der Waals surface area contributed by atoms with Gasteiger partial charge in [0, 0.05) is 19.6 Å². The first-order valence-corrected chi connectivity index (χ1v) is 13.3. The maximum atomic E-state index is 14.2. The second-order valence-corrected chi connectivity index (χ2v) is 9.51. The van der Waals surface area contributed by atoms with Crippen molar-refractivity contribution >= 4 is 11.9 Å². The van der Waals surface area contributed by atoms with Gasteiger partial charge in [-0.05, 0) is 19.8 Å². The Balaban J connectivity index is 2.76. The van der Waals surface area contributed by atoms with E-state index in [-0.39, 0.29) is 11.5 Å². The summed E-state index contributed by atoms with van der Waals surface area (Å²) in [5.74, 6) is -1.88. The van der Waals surface area contributed by atoms with E-state index in [0.717, 1.165) is 26.4 Å². The minimum Gasteiger partial charge on any atom is -0.458 e. The van der Waals surface area contributed by atoms with Crippen LogP contribution in [0.25, 0.3) is 0 Å². The molecule has 0 aliphatic rings. The maximum Gasteiger partial charge on any atom is 0.432 e. The molecule has 36 heavy (non-hydrogen) atoms. The summed E-state index contributed by atoms with van der Waals surface area (Å²) in [6.07, 6.45) is 6.83. The first-order chi connectivity index (χ1) is 17.1. The number of hydrogen-bond donors (Lipinski definition) is 1. The molecular formula is C28H44F3NO4. The zero-order valence-corrected chi connectivity index (χ0v) is 22.3. The molecule has 0 saturated heterocycles. The summed E-state index contributed by atoms with van der Waals surface area (Å²) >= 11 is 0. The lowest BCUT2D eigenvalue weighted by Gasteiger charge is -2.35. The van der Waals surface area contributed by atoms with Crippen LogP contribution in [0.4, 0.5) is 13.2 Å². The van der Waals surface area contributed by atoms with Crippen molar-refractivity contribution in [3.05, 3.63) is 35.9 Å². The largest absolute Gasteiger partial charge is 0.458 e. The van der Waals surface area contributed by atoms with Crippen molar-refractivity contribution in [2.24, 2.45) is 0 Å². The maximum absolute atomic E-state index is 14.2. The van der Waals surface area contributed by atoms with E-state index in [0.29, 0.717) is 12.8 Å². The molecule has 8 heteroatoms. The summed E-state index contributed by atoms with van der Waals surface area (Å²) in [5, 5.41) is 2.65. The van der Waals surface area contributed by atoms with Crippen LogP contribution in [0.5, 0.6) is 0 Å². The molecule has 0 fully saturated rings. The van der Waals surface area contributed by atoms with Gasteiger partial charge in [0.15, 0.2) is 0 Å². The fourth-order valence-electron chi connectivity index (χ4n) is 4.44. The molecule has 0 spiro atoms. The number of unbranched alkanes of at least 4 members (excludes halogenated alkanes) is 10. The number of amides is 1. The molecule has 0 bridgehead atoms. The highest BCUT2D eigenvalue weighted by Gasteiger charge is 2.64. The Bertz CT molecular complexity index is 757. The Hall–Kier alpha value is -2.09. The Morgan fingerprint density at radius 2 is 1.39 bits per heavy atom. The third-order valence-corrected chi connectivity index (χ3v) is 6.51. The minimum atomic E-state index is -5.04. The van der Waals surface area contributed by atoms with Crippen molar-refractivity contribution in [1.82, 2.24) is 5.32 Å². The number of alkyl halides is 3. The predicted molar refractivity (Wildman–Crippen MR) is 135 cm³/mol. The van der Waals surface area contributed by atoms with Gasteiger partial charge in [-0.15, -0.1) is 0 Å². The highest BCUT2D eigenvalue weighted by Crippen LogP contribution is 2.43. The van der Waals surface area contributed by atoms with Gasteiger partial charge in [0.05, 0.1) is 6.04 Å². The van der Waals surface area contributed by atoms with E-state index in [9.17, 15) is 22.8 Å². The van der Waals surface area contributed by atoms with Crippen molar-refractivity contribution < 1.29 is 32.2 Å². The van der Waals surface area contributed by atoms with Crippen LogP contribution in [0.3, 0.4) is 0 Å². The van der Waals surface area contributed by atoms with Gasteiger partial charge in [-0.3, -0.25) is 4.79 Å². The number of rotatable bonds is 18. The molecule has 0 aromatic heterocycles. The van der Waals surface area contributed by atoms with E-state index in [1.165, 1.54) is 76.1 Å². The number of carbonyl (C=O) groups excluding carboxylic acids is 2. The molecule has 3 atom stereocenters. The van der Waals surface area contributed by atoms with E-state index in [2.05, 4.69) is 12.2 Å². The van der Waals surface area contributed by atoms with Crippen LogP contribution in [0.2, 0.25) is 0 Å². The van der Waals surface area contributed by atoms with E-state index in [1.54, 1.807) is 13.0 Å². The fraction of sp³-hybridized carbons (Fsp3) is 0.714. The Morgan fingerprint density at radius 1 is 0.889 bits per heavy atom. The van der Waals surface area contributed by atoms with Gasteiger partial charge in [-0.25, -0.2) is 4.79 Å². The van der Waals surface area contributed by atoms with Crippen LogP contribution in [-0.4, -0.2) is 37.3 Å². The number of carbonyl (C=O) groups is 2. The average Bonchev–Trinajstić information content (AvgIpc) is 2.82. The molecule has 1 N–H and O–H groups in total. The monoisotopic (exact) mass is 515 g/mol. The third-order valence-electron chi connectivity index (χ3n) is 6.51. The molecule has 206 valence electrons. The highest BCUT2D eigenvalue weighted by atomic mass is 19.4. The lowest BCUT2D eigenvalue weighted by molar-refractivity contribution is -0.278. The number of nitrogens with one attached hydrogen (secondary N) is 1. The molecule has 0 aliphatic heterocycles. The molecule has 1 rings (SSSR count). The number of esters is 1. The molecule has 0 radical (unpaired) electrons. The Kier molecular flexibility index (Phi) is 14.7. The zero-order chi connectivity index (χ0) is 27.0. The second kappa shape index (κ2) is 16.6. The highest BCUT2D eigenvalue weighted by molar-refractivity contribution is 5.83. The van der Waals surface area contributed by atoms with Crippen molar-refractivity contribution in [3.63, 3.8) is 0 Å². The fourth-order valence-corrected chi connectivity index (χ4v) is 4.44. The van der Waals surface area contributed by atoms with Crippen molar-refractivity contribution in [2.45, 2.75) is 122 Å². The van der Waals surface area contributed by atoms with Gasteiger partial charge < -0.3 is 14.8 Å². The number of benzene rings is 1. The van der Waals surface area contributed by atoms with Gasteiger partial charge in [0.1, 0.15) is 6.10 Å². The second-order valence-electron chi connectivity index (χ2n) is 9.51. The first-order valence-electron chi connectivity index (χ1n) is 13.3. The smallest absolute Gasteiger partial charge is 0.432 e. The molecule has 0 unspecified atom stereocenters. The summed E-state index contributed by atoms with van der Waals surface area (Å²) in [4.78, 5) is 24.6. The molecule has 0 aliphatic carbocycles. The van der Waals surface area contributed by atoms with E-state index in [4.69, 9.17) is 9.47 Å². The quantitative estimate of drug-likeness (QED) is 0.165. The van der Waals surface area contributed by atoms with Crippen LogP contribution in [0.1, 0.15) is 103 Å². The number of halogens is 3. The molecular weight excluding hydrogens is 471 g/mol. The van der Waals surface area contributed by atoms with Gasteiger partial charge in [-0.2, -0.15) is 13.2 Å². The van der Waals surface area contributed by atoms with Crippen molar-refractivity contribution in [3.8, 4) is 0 Å². The molecule has 1 amide bonds. The van der Waals surface area contributed by atoms with Gasteiger partial charge in [-0.1, -0.05) is 101 Å². The van der Waals surface area contributed by atoms with Crippen molar-refractivity contribution in [2.75, 3.05) is 7.11 Å². The predicted octanol–water partition coefficient (Wildman–Crippen LogP) is 7.23. The number of hydrogen-bond acceptors (Lipinski definition) is 4. The SMILES string of the molecule is CCCCCCCCCCCCC[C@@H](OC(=O)[C@@](OC)(c1ccccc1)C(F)(F)F)[C@H](C)NC(C)=O. The van der Waals surface area contributed by atoms with Crippen LogP contribution in [0.15, 0.2) is 30.3 Å². The molecule has 0 saturated carbocycles. The normalized spacial score (nSPS) is 15.1. The summed E-state index contributed by atoms with van der Waals surface area (Å²) in [7, 11) is 0.845. The first kappa shape index (κ1) is 31.9. The lowest BCUT2D eigenvalue weighted by atomic mass is 9.92. The molecule has 1 aromatic carbocycles. The van der Waals surface area contributed by atoms with Crippen LogP contribution >= 0.6 is 0 Å². The summed E-state index contributed by atoms with van der Waals surface area (Å²) in [6.45, 7) is 5.15. The van der Waals surface area contributed by atoms with Crippen LogP contribution in [0, 0.1) is 0 Å². The standard InChI is InChI=1S/C28H44F3NO4/c1-5-6-7-8-9-10-11-12-13-14-18-21-25(22(2)32-23(3)33)36-26(34)27(35-4,28(29,30)31)24-19-16-15-17-20-24/h15-17,19-20,22,25H,5-14,18,21H2,1-4H3,(H,32,33)/t22-,25+,27-/m0/s1. The summed E-state index contributed by atoms with van der Waals surface area (Å²) in [5.41, 5.74) is -3.61. The van der Waals surface area contributed by atoms with Gasteiger partial charge >= 0.3 is 12.1 Å². The summed E-state index contributed by atoms with van der Waals surface area (Å²) in [6, 6.07) is 6.10. The molecule has 1 aromatic rings. The minimum absolute atomic E-state index is 0.344. The van der Waals surface area contributed by atoms with E-state index in [1.807, 2.05) is 0 Å². The summed E-state index contributed by atoms with van der Waals surface area (Å²) < 4.78 is 52.9. The van der Waals surface area contributed by atoms with Crippen LogP contribution < -0.4 is 5.32 Å². The average molecular weight is 516 g/mol. The zero-order valence-electron chi connectivity index (χ0n) is 22.3. The molecule has 5 nitrogen and oxygen atoms in total. The topological polar surface area (TPSA) is 64.6 Å². The molecule has 0 heterocycles. The Morgan fingerprint density at radius 3 is 1.83 bits per heavy atom. The van der Waals surface area contributed by atoms with Crippen molar-refractivity contribution in [1.29, 1.82) is 0 Å². The van der Waals surface area contributed by atoms with E-state index < -0.39 is 29.9 Å². The van der Waals surface area contributed by atoms with Gasteiger partial charge in [0.25, 0.3) is 5.60 Å². The number of ether oxygens (including phenoxy) is 2. The van der Waals surface area contributed by atoms with Crippen LogP contribution in [-0.2, 0) is 24.7 Å².